The van der Waals surface area contributed by atoms with Gasteiger partial charge in [0.05, 0.1) is 11.6 Å². The van der Waals surface area contributed by atoms with Gasteiger partial charge in [0.1, 0.15) is 11.5 Å². The van der Waals surface area contributed by atoms with Crippen molar-refractivity contribution in [2.75, 3.05) is 11.9 Å². The molecule has 0 spiro atoms. The first-order valence-electron chi connectivity index (χ1n) is 7.04. The molecule has 8 nitrogen and oxygen atoms in total. The average molecular weight is 329 g/mol. The van der Waals surface area contributed by atoms with Gasteiger partial charge in [-0.2, -0.15) is 5.26 Å². The number of aromatic nitrogens is 1. The Bertz CT molecular complexity index is 761. The lowest BCUT2D eigenvalue weighted by atomic mass is 10.2. The van der Waals surface area contributed by atoms with Gasteiger partial charge in [0.2, 0.25) is 0 Å². The number of ether oxygens (including phenoxy) is 2. The first kappa shape index (κ1) is 17.0. The molecule has 0 fully saturated rings. The van der Waals surface area contributed by atoms with Crippen LogP contribution in [0.1, 0.15) is 18.2 Å². The summed E-state index contributed by atoms with van der Waals surface area (Å²) in [7, 11) is 0. The molecule has 1 atom stereocenters. The maximum Gasteiger partial charge on any atom is 0.347 e. The SMILES string of the molecule is Cc1cc(NC(=O)COC(=O)[C@H](C)Oc2ccc(C#N)cc2)no1. The van der Waals surface area contributed by atoms with Crippen molar-refractivity contribution in [3.63, 3.8) is 0 Å². The lowest BCUT2D eigenvalue weighted by Gasteiger charge is -2.13. The Morgan fingerprint density at radius 1 is 1.38 bits per heavy atom. The van der Waals surface area contributed by atoms with E-state index in [1.165, 1.54) is 13.0 Å². The van der Waals surface area contributed by atoms with Gasteiger partial charge in [-0.15, -0.1) is 0 Å². The number of hydrogen-bond donors (Lipinski definition) is 1. The van der Waals surface area contributed by atoms with Crippen molar-refractivity contribution in [1.29, 1.82) is 5.26 Å². The van der Waals surface area contributed by atoms with Crippen molar-refractivity contribution in [2.45, 2.75) is 20.0 Å². The fraction of sp³-hybridized carbons (Fsp3) is 0.250. The molecule has 0 saturated heterocycles. The molecule has 0 saturated carbocycles. The second kappa shape index (κ2) is 7.78. The molecule has 0 radical (unpaired) electrons. The predicted molar refractivity (Wildman–Crippen MR) is 82.1 cm³/mol. The molecule has 124 valence electrons. The maximum absolute atomic E-state index is 11.8. The van der Waals surface area contributed by atoms with Crippen LogP contribution in [0.25, 0.3) is 0 Å². The molecule has 8 heteroatoms. The molecule has 0 aliphatic carbocycles. The molecule has 2 aromatic rings. The number of esters is 1. The number of carbonyl (C=O) groups excluding carboxylic acids is 2. The molecule has 0 unspecified atom stereocenters. The fourth-order valence-electron chi connectivity index (χ4n) is 1.72. The van der Waals surface area contributed by atoms with Crippen LogP contribution < -0.4 is 10.1 Å². The van der Waals surface area contributed by atoms with Crippen LogP contribution in [0, 0.1) is 18.3 Å². The van der Waals surface area contributed by atoms with Gasteiger partial charge in [-0.25, -0.2) is 4.79 Å². The van der Waals surface area contributed by atoms with Gasteiger partial charge < -0.3 is 19.3 Å². The molecule has 1 heterocycles. The second-order valence-corrected chi connectivity index (χ2v) is 4.87. The molecular weight excluding hydrogens is 314 g/mol. The maximum atomic E-state index is 11.8. The van der Waals surface area contributed by atoms with Gasteiger partial charge >= 0.3 is 5.97 Å². The summed E-state index contributed by atoms with van der Waals surface area (Å²) < 4.78 is 15.1. The van der Waals surface area contributed by atoms with Crippen LogP contribution in [0.3, 0.4) is 0 Å². The highest BCUT2D eigenvalue weighted by molar-refractivity contribution is 5.92. The van der Waals surface area contributed by atoms with E-state index in [1.54, 1.807) is 31.2 Å². The number of amides is 1. The number of nitriles is 1. The van der Waals surface area contributed by atoms with E-state index in [-0.39, 0.29) is 5.82 Å². The quantitative estimate of drug-likeness (QED) is 0.804. The Labute approximate surface area is 138 Å². The minimum Gasteiger partial charge on any atom is -0.479 e. The van der Waals surface area contributed by atoms with Crippen molar-refractivity contribution in [2.24, 2.45) is 0 Å². The summed E-state index contributed by atoms with van der Waals surface area (Å²) in [6.07, 6.45) is -0.903. The number of carbonyl (C=O) groups is 2. The van der Waals surface area contributed by atoms with Crippen LogP contribution in [0.15, 0.2) is 34.9 Å². The summed E-state index contributed by atoms with van der Waals surface area (Å²) in [5.74, 6) is -0.0174. The standard InChI is InChI=1S/C16H15N3O5/c1-10-7-14(19-24-10)18-15(20)9-22-16(21)11(2)23-13-5-3-12(8-17)4-6-13/h3-7,11H,9H2,1-2H3,(H,18,19,20)/t11-/m0/s1. The number of nitrogens with one attached hydrogen (secondary N) is 1. The summed E-state index contributed by atoms with van der Waals surface area (Å²) >= 11 is 0. The third-order valence-electron chi connectivity index (χ3n) is 2.87. The Morgan fingerprint density at radius 3 is 2.67 bits per heavy atom. The van der Waals surface area contributed by atoms with Crippen molar-refractivity contribution >= 4 is 17.7 Å². The predicted octanol–water partition coefficient (Wildman–Crippen LogP) is 1.80. The van der Waals surface area contributed by atoms with E-state index in [0.717, 1.165) is 0 Å². The van der Waals surface area contributed by atoms with Gasteiger partial charge in [-0.05, 0) is 38.1 Å². The van der Waals surface area contributed by atoms with Crippen LogP contribution in [0.5, 0.6) is 5.75 Å². The summed E-state index contributed by atoms with van der Waals surface area (Å²) in [5, 5.41) is 14.7. The average Bonchev–Trinajstić information content (AvgIpc) is 2.98. The number of rotatable bonds is 6. The molecule has 0 aliphatic heterocycles. The highest BCUT2D eigenvalue weighted by Gasteiger charge is 2.18. The monoisotopic (exact) mass is 329 g/mol. The summed E-state index contributed by atoms with van der Waals surface area (Å²) in [5.41, 5.74) is 0.484. The van der Waals surface area contributed by atoms with Crippen LogP contribution in [-0.4, -0.2) is 29.7 Å². The van der Waals surface area contributed by atoms with E-state index < -0.39 is 24.6 Å². The summed E-state index contributed by atoms with van der Waals surface area (Å²) in [6, 6.07) is 9.80. The van der Waals surface area contributed by atoms with Gasteiger partial charge in [0.15, 0.2) is 18.5 Å². The van der Waals surface area contributed by atoms with Crippen LogP contribution in [-0.2, 0) is 14.3 Å². The third kappa shape index (κ3) is 4.84. The first-order valence-corrected chi connectivity index (χ1v) is 7.04. The molecule has 1 amide bonds. The van der Waals surface area contributed by atoms with Crippen molar-refractivity contribution in [3.05, 3.63) is 41.7 Å². The van der Waals surface area contributed by atoms with Gasteiger partial charge in [0, 0.05) is 6.07 Å². The highest BCUT2D eigenvalue weighted by atomic mass is 16.6. The largest absolute Gasteiger partial charge is 0.479 e. The van der Waals surface area contributed by atoms with Gasteiger partial charge in [-0.1, -0.05) is 5.16 Å². The molecule has 1 aromatic carbocycles. The zero-order valence-electron chi connectivity index (χ0n) is 13.1. The minimum absolute atomic E-state index is 0.246. The van der Waals surface area contributed by atoms with Gasteiger partial charge in [-0.3, -0.25) is 4.79 Å². The number of anilines is 1. The zero-order chi connectivity index (χ0) is 17.5. The first-order chi connectivity index (χ1) is 11.5. The summed E-state index contributed by atoms with van der Waals surface area (Å²) in [4.78, 5) is 23.5. The van der Waals surface area contributed by atoms with Crippen molar-refractivity contribution in [3.8, 4) is 11.8 Å². The molecule has 1 aromatic heterocycles. The van der Waals surface area contributed by atoms with Crippen LogP contribution in [0.2, 0.25) is 0 Å². The molecule has 24 heavy (non-hydrogen) atoms. The molecule has 2 rings (SSSR count). The van der Waals surface area contributed by atoms with E-state index >= 15 is 0 Å². The second-order valence-electron chi connectivity index (χ2n) is 4.87. The molecule has 0 aliphatic rings. The lowest BCUT2D eigenvalue weighted by Crippen LogP contribution is -2.29. The minimum atomic E-state index is -0.903. The summed E-state index contributed by atoms with van der Waals surface area (Å²) in [6.45, 7) is 2.72. The van der Waals surface area contributed by atoms with Crippen LogP contribution >= 0.6 is 0 Å². The lowest BCUT2D eigenvalue weighted by molar-refractivity contribution is -0.153. The third-order valence-corrected chi connectivity index (χ3v) is 2.87. The smallest absolute Gasteiger partial charge is 0.347 e. The highest BCUT2D eigenvalue weighted by Crippen LogP contribution is 2.14. The van der Waals surface area contributed by atoms with E-state index in [2.05, 4.69) is 10.5 Å². The Kier molecular flexibility index (Phi) is 5.52. The Balaban J connectivity index is 1.78. The number of aryl methyl sites for hydroxylation is 1. The normalized spacial score (nSPS) is 11.2. The number of nitrogens with zero attached hydrogens (tertiary/aromatic N) is 2. The van der Waals surface area contributed by atoms with Gasteiger partial charge in [0.25, 0.3) is 5.91 Å². The number of hydrogen-bond acceptors (Lipinski definition) is 7. The molecule has 0 bridgehead atoms. The topological polar surface area (TPSA) is 114 Å². The van der Waals surface area contributed by atoms with Crippen LogP contribution in [0.4, 0.5) is 5.82 Å². The zero-order valence-corrected chi connectivity index (χ0v) is 13.1. The molecule has 1 N–H and O–H groups in total. The molecular formula is C16H15N3O5. The fourth-order valence-corrected chi connectivity index (χ4v) is 1.72. The van der Waals surface area contributed by atoms with Crippen molar-refractivity contribution in [1.82, 2.24) is 5.16 Å². The van der Waals surface area contributed by atoms with E-state index in [4.69, 9.17) is 19.3 Å². The van der Waals surface area contributed by atoms with E-state index in [1.807, 2.05) is 6.07 Å². The van der Waals surface area contributed by atoms with E-state index in [9.17, 15) is 9.59 Å². The Hall–Kier alpha value is -3.34. The van der Waals surface area contributed by atoms with Crippen molar-refractivity contribution < 1.29 is 23.6 Å². The number of benzene rings is 1. The van der Waals surface area contributed by atoms with E-state index in [0.29, 0.717) is 17.1 Å². The Morgan fingerprint density at radius 2 is 2.08 bits per heavy atom.